The summed E-state index contributed by atoms with van der Waals surface area (Å²) in [6, 6.07) is 0. The highest BCUT2D eigenvalue weighted by molar-refractivity contribution is 7.89. The Bertz CT molecular complexity index is 595. The Balaban J connectivity index is 2.86. The van der Waals surface area contributed by atoms with Crippen molar-refractivity contribution in [3.8, 4) is 11.8 Å². The van der Waals surface area contributed by atoms with Crippen LogP contribution in [0.4, 0.5) is 0 Å². The molecule has 0 bridgehead atoms. The van der Waals surface area contributed by atoms with Gasteiger partial charge >= 0.3 is 5.97 Å². The van der Waals surface area contributed by atoms with E-state index in [9.17, 15) is 13.2 Å². The summed E-state index contributed by atoms with van der Waals surface area (Å²) < 4.78 is 31.0. The van der Waals surface area contributed by atoms with Crippen LogP contribution in [0.15, 0.2) is 11.2 Å². The highest BCUT2D eigenvalue weighted by atomic mass is 32.2. The van der Waals surface area contributed by atoms with Crippen LogP contribution in [-0.2, 0) is 14.8 Å². The van der Waals surface area contributed by atoms with Gasteiger partial charge in [-0.3, -0.25) is 5.10 Å². The minimum Gasteiger partial charge on any atom is -0.462 e. The zero-order valence-corrected chi connectivity index (χ0v) is 11.5. The number of esters is 1. The average Bonchev–Trinajstić information content (AvgIpc) is 2.85. The molecule has 1 rings (SSSR count). The zero-order valence-electron chi connectivity index (χ0n) is 10.7. The van der Waals surface area contributed by atoms with Crippen LogP contribution in [0, 0.1) is 11.8 Å². The van der Waals surface area contributed by atoms with Crippen molar-refractivity contribution >= 4 is 16.0 Å². The number of carbonyl (C=O) groups is 1. The summed E-state index contributed by atoms with van der Waals surface area (Å²) in [7, 11) is -3.83. The van der Waals surface area contributed by atoms with Crippen LogP contribution in [0.3, 0.4) is 0 Å². The maximum Gasteiger partial charge on any atom is 0.342 e. The van der Waals surface area contributed by atoms with Crippen molar-refractivity contribution in [2.75, 3.05) is 13.2 Å². The Hall–Kier alpha value is -1.85. The lowest BCUT2D eigenvalue weighted by molar-refractivity contribution is 0.0522. The van der Waals surface area contributed by atoms with Crippen molar-refractivity contribution in [2.24, 2.45) is 0 Å². The topological polar surface area (TPSA) is 101 Å². The van der Waals surface area contributed by atoms with Gasteiger partial charge in [-0.25, -0.2) is 17.9 Å². The predicted octanol–water partition coefficient (Wildman–Crippen LogP) is 0.278. The summed E-state index contributed by atoms with van der Waals surface area (Å²) in [4.78, 5) is 11.6. The molecule has 104 valence electrons. The lowest BCUT2D eigenvalue weighted by Gasteiger charge is -2.05. The highest BCUT2D eigenvalue weighted by Crippen LogP contribution is 2.12. The number of hydrogen-bond acceptors (Lipinski definition) is 5. The van der Waals surface area contributed by atoms with E-state index in [-0.39, 0.29) is 23.7 Å². The number of nitrogens with one attached hydrogen (secondary N) is 2. The van der Waals surface area contributed by atoms with E-state index >= 15 is 0 Å². The summed E-state index contributed by atoms with van der Waals surface area (Å²) in [5.41, 5.74) is -0.115. The molecular formula is C11H15N3O4S. The third-order valence-corrected chi connectivity index (χ3v) is 3.52. The highest BCUT2D eigenvalue weighted by Gasteiger charge is 2.25. The van der Waals surface area contributed by atoms with E-state index in [0.29, 0.717) is 6.42 Å². The molecule has 0 spiro atoms. The van der Waals surface area contributed by atoms with E-state index in [4.69, 9.17) is 4.74 Å². The Labute approximate surface area is 111 Å². The third kappa shape index (κ3) is 4.08. The molecule has 1 aromatic heterocycles. The quantitative estimate of drug-likeness (QED) is 0.444. The van der Waals surface area contributed by atoms with Gasteiger partial charge in [-0.15, -0.1) is 11.8 Å². The molecule has 0 aliphatic rings. The SMILES string of the molecule is CC#CCCNS(=O)(=O)c1[nH]ncc1C(=O)OCC. The first-order chi connectivity index (χ1) is 9.03. The number of aromatic amines is 1. The van der Waals surface area contributed by atoms with Gasteiger partial charge in [0.1, 0.15) is 5.56 Å². The van der Waals surface area contributed by atoms with Gasteiger partial charge in [0.15, 0.2) is 5.03 Å². The number of rotatable bonds is 6. The Morgan fingerprint density at radius 3 is 2.95 bits per heavy atom. The standard InChI is InChI=1S/C11H15N3O4S/c1-3-5-6-7-13-19(16,17)10-9(8-12-14-10)11(15)18-4-2/h8,13H,4,6-7H2,1-2H3,(H,12,14). The van der Waals surface area contributed by atoms with Crippen LogP contribution in [0.5, 0.6) is 0 Å². The molecule has 0 atom stereocenters. The summed E-state index contributed by atoms with van der Waals surface area (Å²) in [6.07, 6.45) is 1.51. The van der Waals surface area contributed by atoms with Crippen molar-refractivity contribution in [1.82, 2.24) is 14.9 Å². The van der Waals surface area contributed by atoms with Gasteiger partial charge in [0, 0.05) is 13.0 Å². The first-order valence-electron chi connectivity index (χ1n) is 5.62. The molecule has 8 heteroatoms. The summed E-state index contributed by atoms with van der Waals surface area (Å²) in [6.45, 7) is 3.61. The Kier molecular flexibility index (Phi) is 5.54. The molecule has 0 aliphatic carbocycles. The number of H-pyrrole nitrogens is 1. The van der Waals surface area contributed by atoms with Crippen LogP contribution in [-0.4, -0.2) is 37.7 Å². The number of ether oxygens (including phenoxy) is 1. The number of nitrogens with zero attached hydrogens (tertiary/aromatic N) is 1. The largest absolute Gasteiger partial charge is 0.462 e. The summed E-state index contributed by atoms with van der Waals surface area (Å²) >= 11 is 0. The molecule has 0 unspecified atom stereocenters. The molecule has 0 fully saturated rings. The maximum absolute atomic E-state index is 11.9. The number of carbonyl (C=O) groups excluding carboxylic acids is 1. The Morgan fingerprint density at radius 2 is 2.32 bits per heavy atom. The van der Waals surface area contributed by atoms with Gasteiger partial charge in [-0.2, -0.15) is 5.10 Å². The second-order valence-corrected chi connectivity index (χ2v) is 5.11. The molecule has 0 aromatic carbocycles. The van der Waals surface area contributed by atoms with Gasteiger partial charge in [0.25, 0.3) is 10.0 Å². The molecule has 7 nitrogen and oxygen atoms in total. The van der Waals surface area contributed by atoms with Crippen molar-refractivity contribution in [1.29, 1.82) is 0 Å². The van der Waals surface area contributed by atoms with E-state index in [1.165, 1.54) is 0 Å². The second-order valence-electron chi connectivity index (χ2n) is 3.41. The zero-order chi connectivity index (χ0) is 14.3. The minimum atomic E-state index is -3.83. The van der Waals surface area contributed by atoms with E-state index in [0.717, 1.165) is 6.20 Å². The van der Waals surface area contributed by atoms with Crippen LogP contribution < -0.4 is 4.72 Å². The first kappa shape index (κ1) is 15.2. The third-order valence-electron chi connectivity index (χ3n) is 2.09. The van der Waals surface area contributed by atoms with Crippen LogP contribution in [0.25, 0.3) is 0 Å². The van der Waals surface area contributed by atoms with E-state index in [2.05, 4.69) is 26.8 Å². The number of sulfonamides is 1. The molecule has 1 aromatic rings. The van der Waals surface area contributed by atoms with Gasteiger partial charge < -0.3 is 4.74 Å². The lowest BCUT2D eigenvalue weighted by atomic mass is 10.4. The van der Waals surface area contributed by atoms with Crippen molar-refractivity contribution in [2.45, 2.75) is 25.3 Å². The number of hydrogen-bond donors (Lipinski definition) is 2. The second kappa shape index (κ2) is 6.92. The van der Waals surface area contributed by atoms with Crippen LogP contribution >= 0.6 is 0 Å². The predicted molar refractivity (Wildman–Crippen MR) is 67.8 cm³/mol. The van der Waals surface area contributed by atoms with Crippen LogP contribution in [0.1, 0.15) is 30.6 Å². The first-order valence-corrected chi connectivity index (χ1v) is 7.11. The molecule has 0 aliphatic heterocycles. The molecule has 0 saturated heterocycles. The monoisotopic (exact) mass is 285 g/mol. The fraction of sp³-hybridized carbons (Fsp3) is 0.455. The fourth-order valence-corrected chi connectivity index (χ4v) is 2.39. The Morgan fingerprint density at radius 1 is 1.58 bits per heavy atom. The maximum atomic E-state index is 11.9. The van der Waals surface area contributed by atoms with Gasteiger partial charge in [-0.1, -0.05) is 0 Å². The molecule has 0 amide bonds. The van der Waals surface area contributed by atoms with Crippen LogP contribution in [0.2, 0.25) is 0 Å². The minimum absolute atomic E-state index is 0.115. The van der Waals surface area contributed by atoms with Crippen molar-refractivity contribution in [3.63, 3.8) is 0 Å². The van der Waals surface area contributed by atoms with E-state index in [1.54, 1.807) is 13.8 Å². The molecule has 0 saturated carbocycles. The number of aromatic nitrogens is 2. The summed E-state index contributed by atoms with van der Waals surface area (Å²) in [5, 5.41) is 5.56. The van der Waals surface area contributed by atoms with Crippen molar-refractivity contribution < 1.29 is 17.9 Å². The normalized spacial score (nSPS) is 10.6. The smallest absolute Gasteiger partial charge is 0.342 e. The molecular weight excluding hydrogens is 270 g/mol. The molecule has 2 N–H and O–H groups in total. The lowest BCUT2D eigenvalue weighted by Crippen LogP contribution is -2.26. The molecule has 0 radical (unpaired) electrons. The van der Waals surface area contributed by atoms with Gasteiger partial charge in [0.05, 0.1) is 12.8 Å². The molecule has 19 heavy (non-hydrogen) atoms. The van der Waals surface area contributed by atoms with Crippen molar-refractivity contribution in [3.05, 3.63) is 11.8 Å². The van der Waals surface area contributed by atoms with E-state index < -0.39 is 16.0 Å². The van der Waals surface area contributed by atoms with E-state index in [1.807, 2.05) is 0 Å². The summed E-state index contributed by atoms with van der Waals surface area (Å²) in [5.74, 6) is 4.65. The van der Waals surface area contributed by atoms with Gasteiger partial charge in [-0.05, 0) is 13.8 Å². The average molecular weight is 285 g/mol. The van der Waals surface area contributed by atoms with Gasteiger partial charge in [0.2, 0.25) is 0 Å². The molecule has 1 heterocycles. The fourth-order valence-electron chi connectivity index (χ4n) is 1.28.